The Morgan fingerprint density at radius 3 is 2.46 bits per heavy atom. The number of fused-ring (bicyclic) bond motifs is 3. The molecule has 1 spiro atoms. The van der Waals surface area contributed by atoms with Crippen molar-refractivity contribution in [3.05, 3.63) is 35.9 Å². The summed E-state index contributed by atoms with van der Waals surface area (Å²) in [4.78, 5) is 26.7. The zero-order valence-corrected chi connectivity index (χ0v) is 22.7. The van der Waals surface area contributed by atoms with Gasteiger partial charge in [0.25, 0.3) is 0 Å². The maximum atomic E-state index is 13.7. The van der Waals surface area contributed by atoms with Gasteiger partial charge < -0.3 is 9.22 Å². The van der Waals surface area contributed by atoms with Crippen LogP contribution in [0.15, 0.2) is 30.3 Å². The Hall–Kier alpha value is -1.68. The molecule has 0 aliphatic heterocycles. The van der Waals surface area contributed by atoms with Gasteiger partial charge in [0, 0.05) is 17.4 Å². The fourth-order valence-electron chi connectivity index (χ4n) is 9.46. The second kappa shape index (κ2) is 8.43. The minimum atomic E-state index is -0.408. The summed E-state index contributed by atoms with van der Waals surface area (Å²) in [6.07, 6.45) is 9.46. The fraction of sp³-hybridized carbons (Fsp3) is 0.742. The van der Waals surface area contributed by atoms with Gasteiger partial charge in [0.2, 0.25) is 0 Å². The lowest BCUT2D eigenvalue weighted by atomic mass is 9.40. The van der Waals surface area contributed by atoms with E-state index in [0.717, 1.165) is 68.9 Å². The number of carbonyl (C=O) groups is 2. The molecule has 35 heavy (non-hydrogen) atoms. The van der Waals surface area contributed by atoms with Crippen LogP contribution in [0.1, 0.15) is 84.1 Å². The van der Waals surface area contributed by atoms with Crippen molar-refractivity contribution < 1.29 is 18.8 Å². The molecule has 1 aromatic rings. The van der Waals surface area contributed by atoms with E-state index >= 15 is 0 Å². The van der Waals surface area contributed by atoms with E-state index in [-0.39, 0.29) is 22.2 Å². The third-order valence-electron chi connectivity index (χ3n) is 11.2. The van der Waals surface area contributed by atoms with Crippen LogP contribution in [0.2, 0.25) is 0 Å². The summed E-state index contributed by atoms with van der Waals surface area (Å²) in [6, 6.07) is 10.5. The molecule has 4 aliphatic carbocycles. The largest absolute Gasteiger partial charge is 0.459 e. The zero-order chi connectivity index (χ0) is 25.1. The van der Waals surface area contributed by atoms with Gasteiger partial charge in [-0.25, -0.2) is 0 Å². The molecule has 0 saturated heterocycles. The van der Waals surface area contributed by atoms with Gasteiger partial charge in [-0.2, -0.15) is 0 Å². The highest BCUT2D eigenvalue weighted by Gasteiger charge is 2.68. The molecule has 0 amide bonds. The Balaban J connectivity index is 1.27. The predicted molar refractivity (Wildman–Crippen MR) is 138 cm³/mol. The summed E-state index contributed by atoms with van der Waals surface area (Å²) in [6.45, 7) is 9.10. The quantitative estimate of drug-likeness (QED) is 0.361. The standard InChI is InChI=1S/C31H46NO3/c1-28-16-12-25-29(2)14-9-15-30(3,24(29)13-17-31(25,22-28)20-26(28)33)27(34)35-19-18-32(4,5)21-23-10-7-6-8-11-23/h6-8,10-11,24-25H,9,12-22H2,1-5H3/q+1/t24-,25-,28-,29+,30+,31-/m0/s1. The van der Waals surface area contributed by atoms with Crippen molar-refractivity contribution >= 4 is 11.8 Å². The van der Waals surface area contributed by atoms with Crippen molar-refractivity contribution in [2.24, 2.45) is 33.5 Å². The molecule has 4 fully saturated rings. The first-order chi connectivity index (χ1) is 16.4. The Morgan fingerprint density at radius 2 is 1.71 bits per heavy atom. The zero-order valence-electron chi connectivity index (χ0n) is 22.7. The molecule has 6 atom stereocenters. The number of ether oxygens (including phenoxy) is 1. The number of Topliss-reactive ketones (excluding diaryl/α,β-unsaturated/α-hetero) is 1. The molecular weight excluding hydrogens is 434 g/mol. The maximum Gasteiger partial charge on any atom is 0.312 e. The molecule has 5 rings (SSSR count). The molecule has 4 saturated carbocycles. The Bertz CT molecular complexity index is 988. The molecule has 4 aliphatic rings. The van der Waals surface area contributed by atoms with E-state index in [4.69, 9.17) is 4.74 Å². The SMILES string of the molecule is C[C@@]12CC[C@@H]3[C@@](CC[C@H]4[C@@]3(C)CCC[C@@]4(C)C(=O)OCC[N+](C)(C)Cc3ccccc3)(CC1=O)C2. The fourth-order valence-corrected chi connectivity index (χ4v) is 9.46. The number of esters is 1. The topological polar surface area (TPSA) is 43.4 Å². The lowest BCUT2D eigenvalue weighted by Crippen LogP contribution is -2.59. The molecule has 0 aromatic heterocycles. The number of carbonyl (C=O) groups excluding carboxylic acids is 2. The van der Waals surface area contributed by atoms with Crippen LogP contribution in [-0.2, 0) is 20.9 Å². The molecule has 0 heterocycles. The van der Waals surface area contributed by atoms with Gasteiger partial charge in [-0.15, -0.1) is 0 Å². The molecular formula is C31H46NO3+. The monoisotopic (exact) mass is 480 g/mol. The second-order valence-electron chi connectivity index (χ2n) is 14.1. The highest BCUT2D eigenvalue weighted by Crippen LogP contribution is 2.73. The number of ketones is 1. The Kier molecular flexibility index (Phi) is 6.02. The lowest BCUT2D eigenvalue weighted by molar-refractivity contribution is -0.903. The molecule has 4 heteroatoms. The van der Waals surface area contributed by atoms with Crippen LogP contribution in [0, 0.1) is 33.5 Å². The third kappa shape index (κ3) is 4.08. The van der Waals surface area contributed by atoms with E-state index in [0.29, 0.717) is 24.2 Å². The molecule has 0 unspecified atom stereocenters. The average Bonchev–Trinajstić information content (AvgIpc) is 2.96. The first kappa shape index (κ1) is 25.0. The predicted octanol–water partition coefficient (Wildman–Crippen LogP) is 6.18. The maximum absolute atomic E-state index is 13.7. The van der Waals surface area contributed by atoms with Crippen LogP contribution in [0.4, 0.5) is 0 Å². The summed E-state index contributed by atoms with van der Waals surface area (Å²) in [5.74, 6) is 1.46. The van der Waals surface area contributed by atoms with Gasteiger partial charge >= 0.3 is 5.97 Å². The third-order valence-corrected chi connectivity index (χ3v) is 11.2. The van der Waals surface area contributed by atoms with Gasteiger partial charge in [0.1, 0.15) is 25.5 Å². The highest BCUT2D eigenvalue weighted by molar-refractivity contribution is 5.88. The van der Waals surface area contributed by atoms with Gasteiger partial charge in [0.15, 0.2) is 0 Å². The molecule has 0 radical (unpaired) electrons. The average molecular weight is 481 g/mol. The molecule has 192 valence electrons. The van der Waals surface area contributed by atoms with E-state index in [1.165, 1.54) is 12.0 Å². The van der Waals surface area contributed by atoms with E-state index in [2.05, 4.69) is 59.1 Å². The smallest absolute Gasteiger partial charge is 0.312 e. The summed E-state index contributed by atoms with van der Waals surface area (Å²) in [5.41, 5.74) is 1.15. The van der Waals surface area contributed by atoms with Gasteiger partial charge in [0.05, 0.1) is 19.5 Å². The van der Waals surface area contributed by atoms with Crippen LogP contribution in [0.3, 0.4) is 0 Å². The Morgan fingerprint density at radius 1 is 1.00 bits per heavy atom. The summed E-state index contributed by atoms with van der Waals surface area (Å²) in [5, 5.41) is 0. The number of benzene rings is 1. The van der Waals surface area contributed by atoms with E-state index in [1.54, 1.807) is 0 Å². The van der Waals surface area contributed by atoms with Crippen molar-refractivity contribution in [3.63, 3.8) is 0 Å². The van der Waals surface area contributed by atoms with Crippen LogP contribution in [0.5, 0.6) is 0 Å². The summed E-state index contributed by atoms with van der Waals surface area (Å²) < 4.78 is 6.87. The molecule has 2 bridgehead atoms. The molecule has 0 N–H and O–H groups in total. The van der Waals surface area contributed by atoms with Gasteiger partial charge in [-0.1, -0.05) is 50.6 Å². The minimum absolute atomic E-state index is 0.0206. The minimum Gasteiger partial charge on any atom is -0.459 e. The highest BCUT2D eigenvalue weighted by atomic mass is 16.5. The van der Waals surface area contributed by atoms with Gasteiger partial charge in [-0.05, 0) is 74.5 Å². The van der Waals surface area contributed by atoms with Crippen LogP contribution < -0.4 is 0 Å². The van der Waals surface area contributed by atoms with Crippen molar-refractivity contribution in [1.29, 1.82) is 0 Å². The van der Waals surface area contributed by atoms with E-state index in [1.807, 2.05) is 6.07 Å². The second-order valence-corrected chi connectivity index (χ2v) is 14.1. The number of rotatable bonds is 6. The van der Waals surface area contributed by atoms with Crippen molar-refractivity contribution in [1.82, 2.24) is 0 Å². The first-order valence-corrected chi connectivity index (χ1v) is 14.0. The number of hydrogen-bond acceptors (Lipinski definition) is 3. The molecule has 4 nitrogen and oxygen atoms in total. The van der Waals surface area contributed by atoms with Crippen molar-refractivity contribution in [3.8, 4) is 0 Å². The summed E-state index contributed by atoms with van der Waals surface area (Å²) >= 11 is 0. The first-order valence-electron chi connectivity index (χ1n) is 14.0. The number of quaternary nitrogens is 1. The lowest BCUT2D eigenvalue weighted by Gasteiger charge is -2.63. The Labute approximate surface area is 212 Å². The van der Waals surface area contributed by atoms with Crippen LogP contribution in [-0.4, -0.2) is 43.5 Å². The van der Waals surface area contributed by atoms with E-state index < -0.39 is 5.41 Å². The molecule has 1 aromatic carbocycles. The van der Waals surface area contributed by atoms with Crippen LogP contribution >= 0.6 is 0 Å². The number of nitrogens with zero attached hydrogens (tertiary/aromatic N) is 1. The van der Waals surface area contributed by atoms with Crippen molar-refractivity contribution in [2.45, 2.75) is 85.1 Å². The normalized spacial score (nSPS) is 40.7. The van der Waals surface area contributed by atoms with Crippen molar-refractivity contribution in [2.75, 3.05) is 27.2 Å². The summed E-state index contributed by atoms with van der Waals surface area (Å²) in [7, 11) is 4.42. The van der Waals surface area contributed by atoms with Crippen LogP contribution in [0.25, 0.3) is 0 Å². The van der Waals surface area contributed by atoms with Gasteiger partial charge in [-0.3, -0.25) is 9.59 Å². The van der Waals surface area contributed by atoms with E-state index in [9.17, 15) is 9.59 Å². The number of hydrogen-bond donors (Lipinski definition) is 0. The number of likely N-dealkylation sites (N-methyl/N-ethyl adjacent to an activating group) is 1.